The number of nitrogens with one attached hydrogen (secondary N) is 1. The zero-order valence-electron chi connectivity index (χ0n) is 21.6. The number of methoxy groups -OCH3 is 1. The number of hydrogen-bond donors (Lipinski definition) is 2. The third-order valence-electron chi connectivity index (χ3n) is 7.21. The van der Waals surface area contributed by atoms with E-state index in [-0.39, 0.29) is 16.5 Å². The number of carboxylic acid groups (broad SMARTS) is 1. The maximum absolute atomic E-state index is 14.2. The van der Waals surface area contributed by atoms with Crippen molar-refractivity contribution in [3.05, 3.63) is 58.7 Å². The van der Waals surface area contributed by atoms with E-state index in [0.717, 1.165) is 23.6 Å². The lowest BCUT2D eigenvalue weighted by atomic mass is 9.77. The summed E-state index contributed by atoms with van der Waals surface area (Å²) < 4.78 is 47.4. The lowest BCUT2D eigenvalue weighted by molar-refractivity contribution is 0.0691. The van der Waals surface area contributed by atoms with Gasteiger partial charge in [-0.15, -0.1) is 11.3 Å². The molecule has 1 aromatic heterocycles. The number of rotatable bonds is 11. The molecule has 0 atom stereocenters. The average molecular weight is 561 g/mol. The molecule has 0 unspecified atom stereocenters. The van der Waals surface area contributed by atoms with E-state index in [2.05, 4.69) is 28.8 Å². The Kier molecular flexibility index (Phi) is 9.04. The van der Waals surface area contributed by atoms with E-state index < -0.39 is 27.4 Å². The minimum atomic E-state index is -4.17. The molecule has 0 spiro atoms. The Balaban J connectivity index is 1.43. The minimum Gasteiger partial charge on any atom is -0.495 e. The van der Waals surface area contributed by atoms with Crippen LogP contribution in [-0.2, 0) is 10.0 Å². The molecule has 4 rings (SSSR count). The maximum atomic E-state index is 14.2. The zero-order chi connectivity index (χ0) is 27.3. The van der Waals surface area contributed by atoms with Crippen LogP contribution >= 0.6 is 11.3 Å². The number of unbranched alkanes of at least 4 members (excludes halogenated alkanes) is 2. The van der Waals surface area contributed by atoms with Gasteiger partial charge in [0.15, 0.2) is 5.03 Å². The van der Waals surface area contributed by atoms with E-state index in [1.54, 1.807) is 0 Å². The van der Waals surface area contributed by atoms with Gasteiger partial charge in [-0.05, 0) is 49.1 Å². The van der Waals surface area contributed by atoms with Crippen molar-refractivity contribution in [1.82, 2.24) is 4.98 Å². The van der Waals surface area contributed by atoms with Crippen molar-refractivity contribution in [2.75, 3.05) is 11.8 Å². The summed E-state index contributed by atoms with van der Waals surface area (Å²) in [6.07, 6.45) is 10.3. The van der Waals surface area contributed by atoms with Crippen LogP contribution in [-0.4, -0.2) is 31.6 Å². The van der Waals surface area contributed by atoms with Crippen LogP contribution in [0.2, 0.25) is 0 Å². The summed E-state index contributed by atoms with van der Waals surface area (Å²) in [5.41, 5.74) is 1.30. The van der Waals surface area contributed by atoms with Gasteiger partial charge in [0.1, 0.15) is 16.6 Å². The number of carbonyl (C=O) groups is 1. The molecule has 7 nitrogen and oxygen atoms in total. The Hall–Kier alpha value is -2.98. The number of halogens is 1. The Morgan fingerprint density at radius 2 is 1.87 bits per heavy atom. The third kappa shape index (κ3) is 6.53. The maximum Gasteiger partial charge on any atom is 0.338 e. The van der Waals surface area contributed by atoms with Crippen molar-refractivity contribution >= 4 is 33.0 Å². The predicted octanol–water partition coefficient (Wildman–Crippen LogP) is 7.31. The molecule has 2 aromatic carbocycles. The van der Waals surface area contributed by atoms with Gasteiger partial charge < -0.3 is 9.84 Å². The molecule has 1 saturated carbocycles. The fourth-order valence-corrected chi connectivity index (χ4v) is 7.21. The molecule has 10 heteroatoms. The van der Waals surface area contributed by atoms with E-state index >= 15 is 0 Å². The first-order valence-corrected chi connectivity index (χ1v) is 15.3. The quantitative estimate of drug-likeness (QED) is 0.238. The van der Waals surface area contributed by atoms with Crippen molar-refractivity contribution < 1.29 is 27.4 Å². The van der Waals surface area contributed by atoms with Crippen LogP contribution in [0, 0.1) is 11.7 Å². The van der Waals surface area contributed by atoms with Gasteiger partial charge in [0.05, 0.1) is 18.4 Å². The Morgan fingerprint density at radius 3 is 2.50 bits per heavy atom. The highest BCUT2D eigenvalue weighted by Gasteiger charge is 2.24. The number of sulfonamides is 1. The minimum absolute atomic E-state index is 0.117. The van der Waals surface area contributed by atoms with Crippen molar-refractivity contribution in [2.45, 2.75) is 69.2 Å². The van der Waals surface area contributed by atoms with Gasteiger partial charge in [-0.25, -0.2) is 14.2 Å². The fraction of sp³-hybridized carbons (Fsp3) is 0.429. The van der Waals surface area contributed by atoms with E-state index in [1.807, 2.05) is 12.1 Å². The molecule has 1 heterocycles. The van der Waals surface area contributed by atoms with Gasteiger partial charge in [-0.1, -0.05) is 56.9 Å². The predicted molar refractivity (Wildman–Crippen MR) is 147 cm³/mol. The van der Waals surface area contributed by atoms with E-state index in [0.29, 0.717) is 10.9 Å². The number of nitrogens with zero attached hydrogens (tertiary/aromatic N) is 1. The summed E-state index contributed by atoms with van der Waals surface area (Å²) in [4.78, 5) is 15.5. The second-order valence-corrected chi connectivity index (χ2v) is 12.3. The van der Waals surface area contributed by atoms with Gasteiger partial charge in [0, 0.05) is 17.0 Å². The number of carboxylic acids is 1. The molecular formula is C28H33FN2O5S2. The summed E-state index contributed by atoms with van der Waals surface area (Å²) in [5.74, 6) is -1.27. The largest absolute Gasteiger partial charge is 0.495 e. The number of aromatic nitrogens is 1. The second-order valence-electron chi connectivity index (χ2n) is 9.77. The Morgan fingerprint density at radius 1 is 1.16 bits per heavy atom. The standard InChI is InChI=1S/C28H33FN2O5S2/c1-3-4-5-6-18-7-9-19(10-8-18)20-11-13-21(14-12-20)27-30-26(17-37-27)38(34,35)31-24-16-23(29)22(28(32)33)15-25(24)36-2/h11-19,31H,3-10H2,1-2H3,(H,32,33). The monoisotopic (exact) mass is 560 g/mol. The van der Waals surface area contributed by atoms with Gasteiger partial charge in [-0.2, -0.15) is 8.42 Å². The fourth-order valence-electron chi connectivity index (χ4n) is 5.04. The molecule has 0 amide bonds. The van der Waals surface area contributed by atoms with E-state index in [4.69, 9.17) is 9.84 Å². The molecule has 1 fully saturated rings. The molecule has 1 aliphatic rings. The molecule has 204 valence electrons. The van der Waals surface area contributed by atoms with Gasteiger partial charge in [-0.3, -0.25) is 4.72 Å². The van der Waals surface area contributed by atoms with Crippen molar-refractivity contribution in [3.63, 3.8) is 0 Å². The van der Waals surface area contributed by atoms with Crippen molar-refractivity contribution in [3.8, 4) is 16.3 Å². The van der Waals surface area contributed by atoms with Crippen LogP contribution in [0.15, 0.2) is 46.8 Å². The zero-order valence-corrected chi connectivity index (χ0v) is 23.2. The molecule has 0 aliphatic heterocycles. The lowest BCUT2D eigenvalue weighted by Crippen LogP contribution is -2.15. The topological polar surface area (TPSA) is 106 Å². The number of benzene rings is 2. The highest BCUT2D eigenvalue weighted by atomic mass is 32.2. The first-order valence-electron chi connectivity index (χ1n) is 12.9. The van der Waals surface area contributed by atoms with E-state index in [9.17, 15) is 17.6 Å². The molecule has 2 N–H and O–H groups in total. The van der Waals surface area contributed by atoms with Crippen LogP contribution in [0.25, 0.3) is 10.6 Å². The smallest absolute Gasteiger partial charge is 0.338 e. The molecule has 1 aliphatic carbocycles. The Bertz CT molecular complexity index is 1360. The molecule has 0 radical (unpaired) electrons. The van der Waals surface area contributed by atoms with Crippen LogP contribution in [0.3, 0.4) is 0 Å². The average Bonchev–Trinajstić information content (AvgIpc) is 3.41. The van der Waals surface area contributed by atoms with Crippen LogP contribution in [0.1, 0.15) is 80.1 Å². The van der Waals surface area contributed by atoms with Crippen LogP contribution in [0.5, 0.6) is 5.75 Å². The van der Waals surface area contributed by atoms with Gasteiger partial charge in [0.25, 0.3) is 10.0 Å². The van der Waals surface area contributed by atoms with Gasteiger partial charge in [0.2, 0.25) is 0 Å². The molecular weight excluding hydrogens is 527 g/mol. The van der Waals surface area contributed by atoms with Crippen LogP contribution < -0.4 is 9.46 Å². The summed E-state index contributed by atoms with van der Waals surface area (Å²) >= 11 is 1.20. The number of aromatic carboxylic acids is 1. The van der Waals surface area contributed by atoms with Crippen molar-refractivity contribution in [2.24, 2.45) is 5.92 Å². The van der Waals surface area contributed by atoms with Crippen LogP contribution in [0.4, 0.5) is 10.1 Å². The number of thiazole rings is 1. The number of anilines is 1. The second kappa shape index (κ2) is 12.3. The third-order valence-corrected chi connectivity index (χ3v) is 9.50. The van der Waals surface area contributed by atoms with E-state index in [1.165, 1.54) is 80.8 Å². The summed E-state index contributed by atoms with van der Waals surface area (Å²) in [6.45, 7) is 2.24. The SMILES string of the molecule is CCCCCC1CCC(c2ccc(-c3nc(S(=O)(=O)Nc4cc(F)c(C(=O)O)cc4OC)cs3)cc2)CC1. The lowest BCUT2D eigenvalue weighted by Gasteiger charge is -2.29. The summed E-state index contributed by atoms with van der Waals surface area (Å²) in [6, 6.07) is 9.90. The van der Waals surface area contributed by atoms with Gasteiger partial charge >= 0.3 is 5.97 Å². The Labute approximate surface area is 227 Å². The normalized spacial score (nSPS) is 17.8. The first-order chi connectivity index (χ1) is 18.2. The highest BCUT2D eigenvalue weighted by Crippen LogP contribution is 2.38. The molecule has 3 aromatic rings. The number of hydrogen-bond acceptors (Lipinski definition) is 6. The van der Waals surface area contributed by atoms with Crippen molar-refractivity contribution in [1.29, 1.82) is 0 Å². The number of ether oxygens (including phenoxy) is 1. The molecule has 0 saturated heterocycles. The summed E-state index contributed by atoms with van der Waals surface area (Å²) in [5, 5.41) is 10.8. The molecule has 38 heavy (non-hydrogen) atoms. The highest BCUT2D eigenvalue weighted by molar-refractivity contribution is 7.92. The summed E-state index contributed by atoms with van der Waals surface area (Å²) in [7, 11) is -2.93. The first kappa shape index (κ1) is 28.0. The molecule has 0 bridgehead atoms.